The summed E-state index contributed by atoms with van der Waals surface area (Å²) in [5.41, 5.74) is 3.65. The zero-order valence-corrected chi connectivity index (χ0v) is 10.6. The molecule has 1 saturated heterocycles. The van der Waals surface area contributed by atoms with Crippen LogP contribution in [0.5, 0.6) is 0 Å². The van der Waals surface area contributed by atoms with E-state index in [4.69, 9.17) is 5.84 Å². The van der Waals surface area contributed by atoms with Crippen molar-refractivity contribution in [3.63, 3.8) is 0 Å². The normalized spacial score (nSPS) is 22.6. The minimum atomic E-state index is 0.611. The summed E-state index contributed by atoms with van der Waals surface area (Å²) in [4.78, 5) is 9.27. The van der Waals surface area contributed by atoms with E-state index >= 15 is 0 Å². The molecule has 94 valence electrons. The Bertz CT molecular complexity index is 368. The van der Waals surface area contributed by atoms with Gasteiger partial charge in [0.2, 0.25) is 0 Å². The molecule has 5 nitrogen and oxygen atoms in total. The average molecular weight is 235 g/mol. The summed E-state index contributed by atoms with van der Waals surface area (Å²) >= 11 is 0. The standard InChI is InChI=1S/C12H21N5/c1-10-8-17(7-6-16(10)2)9-11-4-3-5-12(14-11)15-13/h3-5,10H,6-9,13H2,1-2H3,(H,14,15). The van der Waals surface area contributed by atoms with Gasteiger partial charge in [0.15, 0.2) is 0 Å². The van der Waals surface area contributed by atoms with Gasteiger partial charge in [-0.25, -0.2) is 10.8 Å². The maximum absolute atomic E-state index is 5.36. The lowest BCUT2D eigenvalue weighted by Gasteiger charge is -2.37. The smallest absolute Gasteiger partial charge is 0.140 e. The fourth-order valence-electron chi connectivity index (χ4n) is 2.14. The highest BCUT2D eigenvalue weighted by atomic mass is 15.3. The van der Waals surface area contributed by atoms with Crippen LogP contribution in [0.2, 0.25) is 0 Å². The van der Waals surface area contributed by atoms with E-state index in [2.05, 4.69) is 34.2 Å². The molecule has 1 aliphatic rings. The third-order valence-corrected chi connectivity index (χ3v) is 3.38. The highest BCUT2D eigenvalue weighted by Gasteiger charge is 2.20. The van der Waals surface area contributed by atoms with Crippen LogP contribution in [0.25, 0.3) is 0 Å². The molecule has 0 aliphatic carbocycles. The Hall–Kier alpha value is -1.17. The number of hydrogen-bond donors (Lipinski definition) is 2. The number of aromatic nitrogens is 1. The van der Waals surface area contributed by atoms with Crippen molar-refractivity contribution in [3.8, 4) is 0 Å². The molecular weight excluding hydrogens is 214 g/mol. The summed E-state index contributed by atoms with van der Waals surface area (Å²) in [6.07, 6.45) is 0. The maximum atomic E-state index is 5.36. The number of nitrogen functional groups attached to an aromatic ring is 1. The van der Waals surface area contributed by atoms with Crippen molar-refractivity contribution in [1.82, 2.24) is 14.8 Å². The SMILES string of the molecule is CC1CN(Cc2cccc(NN)n2)CCN1C. The minimum Gasteiger partial charge on any atom is -0.308 e. The van der Waals surface area contributed by atoms with E-state index in [1.807, 2.05) is 18.2 Å². The molecule has 1 aromatic rings. The van der Waals surface area contributed by atoms with E-state index in [9.17, 15) is 0 Å². The largest absolute Gasteiger partial charge is 0.308 e. The topological polar surface area (TPSA) is 57.4 Å². The molecule has 1 aliphatic heterocycles. The van der Waals surface area contributed by atoms with Gasteiger partial charge >= 0.3 is 0 Å². The van der Waals surface area contributed by atoms with Gasteiger partial charge in [0, 0.05) is 32.2 Å². The molecule has 0 aromatic carbocycles. The van der Waals surface area contributed by atoms with Crippen molar-refractivity contribution >= 4 is 5.82 Å². The van der Waals surface area contributed by atoms with Crippen LogP contribution in [0.3, 0.4) is 0 Å². The second-order valence-corrected chi connectivity index (χ2v) is 4.72. The van der Waals surface area contributed by atoms with E-state index in [-0.39, 0.29) is 0 Å². The van der Waals surface area contributed by atoms with Crippen LogP contribution in [-0.4, -0.2) is 47.5 Å². The van der Waals surface area contributed by atoms with Gasteiger partial charge in [0.25, 0.3) is 0 Å². The highest BCUT2D eigenvalue weighted by Crippen LogP contribution is 2.11. The van der Waals surface area contributed by atoms with Gasteiger partial charge in [0.05, 0.1) is 5.69 Å². The third kappa shape index (κ3) is 3.15. The molecule has 1 aromatic heterocycles. The summed E-state index contributed by atoms with van der Waals surface area (Å²) in [5.74, 6) is 6.09. The number of piperazine rings is 1. The Morgan fingerprint density at radius 3 is 3.00 bits per heavy atom. The number of hydrogen-bond acceptors (Lipinski definition) is 5. The number of rotatable bonds is 3. The number of likely N-dealkylation sites (N-methyl/N-ethyl adjacent to an activating group) is 1. The van der Waals surface area contributed by atoms with Crippen LogP contribution in [0, 0.1) is 0 Å². The predicted octanol–water partition coefficient (Wildman–Crippen LogP) is 0.503. The second kappa shape index (κ2) is 5.44. The first kappa shape index (κ1) is 12.3. The Kier molecular flexibility index (Phi) is 3.93. The molecule has 3 N–H and O–H groups in total. The van der Waals surface area contributed by atoms with E-state index in [1.54, 1.807) is 0 Å². The van der Waals surface area contributed by atoms with E-state index in [0.717, 1.165) is 37.7 Å². The molecule has 1 unspecified atom stereocenters. The van der Waals surface area contributed by atoms with Crippen LogP contribution in [0.4, 0.5) is 5.82 Å². The lowest BCUT2D eigenvalue weighted by molar-refractivity contribution is 0.0991. The van der Waals surface area contributed by atoms with Gasteiger partial charge in [-0.05, 0) is 26.1 Å². The first-order valence-electron chi connectivity index (χ1n) is 6.04. The fourth-order valence-corrected chi connectivity index (χ4v) is 2.14. The molecule has 1 atom stereocenters. The van der Waals surface area contributed by atoms with Gasteiger partial charge in [-0.3, -0.25) is 4.90 Å². The number of anilines is 1. The summed E-state index contributed by atoms with van der Waals surface area (Å²) in [5, 5.41) is 0. The second-order valence-electron chi connectivity index (χ2n) is 4.72. The highest BCUT2D eigenvalue weighted by molar-refractivity contribution is 5.33. The van der Waals surface area contributed by atoms with Crippen molar-refractivity contribution < 1.29 is 0 Å². The molecule has 0 bridgehead atoms. The molecule has 2 rings (SSSR count). The molecular formula is C12H21N5. The third-order valence-electron chi connectivity index (χ3n) is 3.38. The van der Waals surface area contributed by atoms with Gasteiger partial charge in [-0.2, -0.15) is 0 Å². The lowest BCUT2D eigenvalue weighted by atomic mass is 10.2. The van der Waals surface area contributed by atoms with Gasteiger partial charge in [-0.15, -0.1) is 0 Å². The first-order chi connectivity index (χ1) is 8.19. The predicted molar refractivity (Wildman–Crippen MR) is 69.4 cm³/mol. The Labute approximate surface area is 103 Å². The summed E-state index contributed by atoms with van der Waals surface area (Å²) in [7, 11) is 2.18. The maximum Gasteiger partial charge on any atom is 0.140 e. The van der Waals surface area contributed by atoms with Crippen LogP contribution in [0.1, 0.15) is 12.6 Å². The first-order valence-corrected chi connectivity index (χ1v) is 6.04. The van der Waals surface area contributed by atoms with Crippen LogP contribution < -0.4 is 11.3 Å². The monoisotopic (exact) mass is 235 g/mol. The van der Waals surface area contributed by atoms with Crippen molar-refractivity contribution in [2.45, 2.75) is 19.5 Å². The van der Waals surface area contributed by atoms with Crippen molar-refractivity contribution in [2.24, 2.45) is 5.84 Å². The number of nitrogens with two attached hydrogens (primary N) is 1. The molecule has 0 spiro atoms. The summed E-state index contributed by atoms with van der Waals surface area (Å²) in [6, 6.07) is 6.51. The fraction of sp³-hybridized carbons (Fsp3) is 0.583. The summed E-state index contributed by atoms with van der Waals surface area (Å²) < 4.78 is 0. The minimum absolute atomic E-state index is 0.611. The molecule has 0 radical (unpaired) electrons. The quantitative estimate of drug-likeness (QED) is 0.590. The molecule has 0 amide bonds. The molecule has 2 heterocycles. The molecule has 5 heteroatoms. The number of nitrogens with one attached hydrogen (secondary N) is 1. The number of pyridine rings is 1. The van der Waals surface area contributed by atoms with Crippen LogP contribution in [-0.2, 0) is 6.54 Å². The van der Waals surface area contributed by atoms with Gasteiger partial charge in [0.1, 0.15) is 5.82 Å². The summed E-state index contributed by atoms with van der Waals surface area (Å²) in [6.45, 7) is 6.47. The molecule has 1 fully saturated rings. The zero-order valence-electron chi connectivity index (χ0n) is 10.6. The number of hydrazine groups is 1. The van der Waals surface area contributed by atoms with Crippen molar-refractivity contribution in [2.75, 3.05) is 32.1 Å². The molecule has 17 heavy (non-hydrogen) atoms. The van der Waals surface area contributed by atoms with Crippen molar-refractivity contribution in [3.05, 3.63) is 23.9 Å². The Morgan fingerprint density at radius 1 is 1.47 bits per heavy atom. The van der Waals surface area contributed by atoms with Crippen LogP contribution >= 0.6 is 0 Å². The zero-order chi connectivity index (χ0) is 12.3. The van der Waals surface area contributed by atoms with E-state index in [1.165, 1.54) is 0 Å². The van der Waals surface area contributed by atoms with Crippen molar-refractivity contribution in [1.29, 1.82) is 0 Å². The Morgan fingerprint density at radius 2 is 2.29 bits per heavy atom. The molecule has 0 saturated carbocycles. The van der Waals surface area contributed by atoms with E-state index in [0.29, 0.717) is 6.04 Å². The van der Waals surface area contributed by atoms with E-state index < -0.39 is 0 Å². The lowest BCUT2D eigenvalue weighted by Crippen LogP contribution is -2.49. The van der Waals surface area contributed by atoms with Gasteiger partial charge in [-0.1, -0.05) is 6.07 Å². The Balaban J connectivity index is 1.96. The number of nitrogens with zero attached hydrogens (tertiary/aromatic N) is 3. The van der Waals surface area contributed by atoms with Gasteiger partial charge < -0.3 is 10.3 Å². The average Bonchev–Trinajstić information content (AvgIpc) is 2.34. The van der Waals surface area contributed by atoms with Crippen LogP contribution in [0.15, 0.2) is 18.2 Å².